The van der Waals surface area contributed by atoms with Crippen molar-refractivity contribution in [2.45, 2.75) is 19.1 Å². The van der Waals surface area contributed by atoms with Gasteiger partial charge in [0.1, 0.15) is 18.0 Å². The van der Waals surface area contributed by atoms with E-state index in [1.165, 1.54) is 0 Å². The van der Waals surface area contributed by atoms with Gasteiger partial charge < -0.3 is 9.30 Å². The molecule has 2 rings (SSSR count). The average molecular weight is 260 g/mol. The third-order valence-corrected chi connectivity index (χ3v) is 3.09. The van der Waals surface area contributed by atoms with Gasteiger partial charge >= 0.3 is 0 Å². The minimum Gasteiger partial charge on any atom is -0.372 e. The van der Waals surface area contributed by atoms with Gasteiger partial charge in [0, 0.05) is 26.0 Å². The van der Waals surface area contributed by atoms with E-state index in [1.807, 2.05) is 55.1 Å². The summed E-state index contributed by atoms with van der Waals surface area (Å²) in [4.78, 5) is 4.36. The number of aromatic nitrogens is 2. The van der Waals surface area contributed by atoms with Crippen molar-refractivity contribution in [3.63, 3.8) is 0 Å². The molecule has 1 aromatic heterocycles. The second-order valence-electron chi connectivity index (χ2n) is 4.33. The molecule has 1 aromatic carbocycles. The maximum absolute atomic E-state index is 5.86. The van der Waals surface area contributed by atoms with Crippen molar-refractivity contribution in [2.75, 3.05) is 6.61 Å². The summed E-state index contributed by atoms with van der Waals surface area (Å²) >= 11 is 0. The van der Waals surface area contributed by atoms with Crippen LogP contribution < -0.4 is 11.3 Å². The standard InChI is InChI=1S/C14H20N4O/c1-3-19-13(11-7-5-4-6-8-11)12(17-15)14-16-9-10-18(14)2/h4-10,12-13,17H,3,15H2,1-2H3. The molecule has 0 bridgehead atoms. The molecule has 0 radical (unpaired) electrons. The van der Waals surface area contributed by atoms with E-state index in [9.17, 15) is 0 Å². The first-order chi connectivity index (χ1) is 9.27. The smallest absolute Gasteiger partial charge is 0.129 e. The molecule has 0 aliphatic rings. The lowest BCUT2D eigenvalue weighted by Crippen LogP contribution is -2.35. The molecule has 2 atom stereocenters. The fourth-order valence-corrected chi connectivity index (χ4v) is 2.18. The number of nitrogens with two attached hydrogens (primary N) is 1. The predicted molar refractivity (Wildman–Crippen MR) is 74.1 cm³/mol. The van der Waals surface area contributed by atoms with E-state index in [0.717, 1.165) is 11.4 Å². The Labute approximate surface area is 113 Å². The van der Waals surface area contributed by atoms with Gasteiger partial charge in [0.15, 0.2) is 0 Å². The SMILES string of the molecule is CCOC(c1ccccc1)C(NN)c1nccn1C. The number of hydrogen-bond acceptors (Lipinski definition) is 4. The highest BCUT2D eigenvalue weighted by molar-refractivity contribution is 5.21. The van der Waals surface area contributed by atoms with E-state index in [1.54, 1.807) is 6.20 Å². The van der Waals surface area contributed by atoms with Crippen molar-refractivity contribution in [1.29, 1.82) is 0 Å². The lowest BCUT2D eigenvalue weighted by atomic mass is 10.0. The first-order valence-electron chi connectivity index (χ1n) is 6.37. The van der Waals surface area contributed by atoms with Crippen molar-refractivity contribution < 1.29 is 4.74 Å². The molecule has 5 nitrogen and oxygen atoms in total. The quantitative estimate of drug-likeness (QED) is 0.613. The van der Waals surface area contributed by atoms with Crippen molar-refractivity contribution in [3.05, 3.63) is 54.1 Å². The molecule has 5 heteroatoms. The number of aryl methyl sites for hydroxylation is 1. The molecule has 0 saturated heterocycles. The molecule has 1 heterocycles. The molecule has 102 valence electrons. The van der Waals surface area contributed by atoms with Gasteiger partial charge in [-0.2, -0.15) is 0 Å². The zero-order valence-corrected chi connectivity index (χ0v) is 11.3. The molecule has 0 amide bonds. The van der Waals surface area contributed by atoms with Crippen LogP contribution in [0.3, 0.4) is 0 Å². The predicted octanol–water partition coefficient (Wildman–Crippen LogP) is 1.70. The van der Waals surface area contributed by atoms with Gasteiger partial charge in [-0.25, -0.2) is 10.4 Å². The Morgan fingerprint density at radius 1 is 1.37 bits per heavy atom. The number of nitrogens with one attached hydrogen (secondary N) is 1. The molecule has 3 N–H and O–H groups in total. The van der Waals surface area contributed by atoms with Crippen LogP contribution in [0.15, 0.2) is 42.7 Å². The average Bonchev–Trinajstić information content (AvgIpc) is 2.86. The van der Waals surface area contributed by atoms with Gasteiger partial charge in [-0.3, -0.25) is 5.84 Å². The zero-order chi connectivity index (χ0) is 13.7. The monoisotopic (exact) mass is 260 g/mol. The summed E-state index contributed by atoms with van der Waals surface area (Å²) in [6, 6.07) is 9.85. The molecule has 2 unspecified atom stereocenters. The molecular weight excluding hydrogens is 240 g/mol. The van der Waals surface area contributed by atoms with Gasteiger partial charge in [0.2, 0.25) is 0 Å². The van der Waals surface area contributed by atoms with Crippen molar-refractivity contribution in [3.8, 4) is 0 Å². The summed E-state index contributed by atoms with van der Waals surface area (Å²) in [7, 11) is 1.95. The van der Waals surface area contributed by atoms with Crippen LogP contribution in [0.5, 0.6) is 0 Å². The van der Waals surface area contributed by atoms with Crippen LogP contribution in [0.2, 0.25) is 0 Å². The molecule has 19 heavy (non-hydrogen) atoms. The summed E-state index contributed by atoms with van der Waals surface area (Å²) in [6.07, 6.45) is 3.48. The van der Waals surface area contributed by atoms with Crippen LogP contribution in [0.25, 0.3) is 0 Å². The minimum atomic E-state index is -0.192. The van der Waals surface area contributed by atoms with Crippen LogP contribution in [-0.2, 0) is 11.8 Å². The Morgan fingerprint density at radius 3 is 2.63 bits per heavy atom. The van der Waals surface area contributed by atoms with Crippen LogP contribution in [0.4, 0.5) is 0 Å². The number of imidazole rings is 1. The molecular formula is C14H20N4O. The Bertz CT molecular complexity index is 497. The maximum atomic E-state index is 5.86. The molecule has 0 aliphatic carbocycles. The number of hydrazine groups is 1. The van der Waals surface area contributed by atoms with E-state index >= 15 is 0 Å². The first kappa shape index (κ1) is 13.7. The zero-order valence-electron chi connectivity index (χ0n) is 11.3. The summed E-state index contributed by atoms with van der Waals surface area (Å²) in [6.45, 7) is 2.59. The van der Waals surface area contributed by atoms with Crippen molar-refractivity contribution in [1.82, 2.24) is 15.0 Å². The van der Waals surface area contributed by atoms with Crippen LogP contribution >= 0.6 is 0 Å². The van der Waals surface area contributed by atoms with E-state index in [4.69, 9.17) is 10.6 Å². The Kier molecular flexibility index (Phi) is 4.68. The molecule has 2 aromatic rings. The fourth-order valence-electron chi connectivity index (χ4n) is 2.18. The second-order valence-corrected chi connectivity index (χ2v) is 4.33. The maximum Gasteiger partial charge on any atom is 0.129 e. The molecule has 0 spiro atoms. The lowest BCUT2D eigenvalue weighted by molar-refractivity contribution is 0.0296. The summed E-state index contributed by atoms with van der Waals surface area (Å²) < 4.78 is 7.81. The number of rotatable bonds is 6. The number of benzene rings is 1. The van der Waals surface area contributed by atoms with Gasteiger partial charge in [0.05, 0.1) is 0 Å². The van der Waals surface area contributed by atoms with Gasteiger partial charge in [-0.05, 0) is 12.5 Å². The van der Waals surface area contributed by atoms with Gasteiger partial charge in [-0.1, -0.05) is 30.3 Å². The molecule has 0 fully saturated rings. The third-order valence-electron chi connectivity index (χ3n) is 3.09. The highest BCUT2D eigenvalue weighted by Crippen LogP contribution is 2.30. The molecule has 0 saturated carbocycles. The summed E-state index contributed by atoms with van der Waals surface area (Å²) in [5, 5.41) is 0. The largest absolute Gasteiger partial charge is 0.372 e. The Balaban J connectivity index is 2.34. The Hall–Kier alpha value is -1.69. The number of nitrogens with zero attached hydrogens (tertiary/aromatic N) is 2. The highest BCUT2D eigenvalue weighted by atomic mass is 16.5. The van der Waals surface area contributed by atoms with Gasteiger partial charge in [0.25, 0.3) is 0 Å². The minimum absolute atomic E-state index is 0.169. The van der Waals surface area contributed by atoms with Crippen LogP contribution in [0.1, 0.15) is 30.5 Å². The first-order valence-corrected chi connectivity index (χ1v) is 6.37. The third kappa shape index (κ3) is 3.01. The topological polar surface area (TPSA) is 65.1 Å². The van der Waals surface area contributed by atoms with E-state index < -0.39 is 0 Å². The van der Waals surface area contributed by atoms with E-state index in [0.29, 0.717) is 6.61 Å². The van der Waals surface area contributed by atoms with Crippen LogP contribution in [-0.4, -0.2) is 16.2 Å². The van der Waals surface area contributed by atoms with Gasteiger partial charge in [-0.15, -0.1) is 0 Å². The molecule has 0 aliphatic heterocycles. The fraction of sp³-hybridized carbons (Fsp3) is 0.357. The van der Waals surface area contributed by atoms with Crippen molar-refractivity contribution in [2.24, 2.45) is 12.9 Å². The highest BCUT2D eigenvalue weighted by Gasteiger charge is 2.27. The van der Waals surface area contributed by atoms with Crippen molar-refractivity contribution >= 4 is 0 Å². The van der Waals surface area contributed by atoms with Crippen LogP contribution in [0, 0.1) is 0 Å². The normalized spacial score (nSPS) is 14.3. The summed E-state index contributed by atoms with van der Waals surface area (Å²) in [5.74, 6) is 6.57. The lowest BCUT2D eigenvalue weighted by Gasteiger charge is -2.26. The second kappa shape index (κ2) is 6.47. The van der Waals surface area contributed by atoms with E-state index in [2.05, 4.69) is 10.4 Å². The Morgan fingerprint density at radius 2 is 2.11 bits per heavy atom. The number of ether oxygens (including phenoxy) is 1. The van der Waals surface area contributed by atoms with E-state index in [-0.39, 0.29) is 12.1 Å². The summed E-state index contributed by atoms with van der Waals surface area (Å²) in [5.41, 5.74) is 3.90. The number of hydrogen-bond donors (Lipinski definition) is 2.